The predicted molar refractivity (Wildman–Crippen MR) is 68.8 cm³/mol. The lowest BCUT2D eigenvalue weighted by atomic mass is 9.91. The van der Waals surface area contributed by atoms with Gasteiger partial charge in [-0.2, -0.15) is 0 Å². The molecule has 0 heterocycles. The normalized spacial score (nSPS) is 19.3. The van der Waals surface area contributed by atoms with E-state index in [2.05, 4.69) is 58.1 Å². The maximum absolute atomic E-state index is 2.33. The molecule has 15 heavy (non-hydrogen) atoms. The Morgan fingerprint density at radius 3 is 2.87 bits per heavy atom. The molecule has 0 aromatic carbocycles. The second kappa shape index (κ2) is 5.75. The lowest BCUT2D eigenvalue weighted by Gasteiger charge is -2.15. The third-order valence-corrected chi connectivity index (χ3v) is 3.06. The van der Waals surface area contributed by atoms with Crippen LogP contribution in [-0.4, -0.2) is 0 Å². The first kappa shape index (κ1) is 12.0. The molecule has 0 aromatic heterocycles. The zero-order valence-corrected chi connectivity index (χ0v) is 10.4. The molecule has 0 heteroatoms. The van der Waals surface area contributed by atoms with E-state index >= 15 is 0 Å². The van der Waals surface area contributed by atoms with Crippen LogP contribution >= 0.6 is 0 Å². The Kier molecular flexibility index (Phi) is 4.61. The maximum Gasteiger partial charge on any atom is -0.00180 e. The fraction of sp³-hybridized carbons (Fsp3) is 0.467. The zero-order chi connectivity index (χ0) is 11.3. The summed E-state index contributed by atoms with van der Waals surface area (Å²) in [5, 5.41) is 0. The third-order valence-electron chi connectivity index (χ3n) is 3.06. The van der Waals surface area contributed by atoms with Crippen molar-refractivity contribution >= 4 is 0 Å². The number of rotatable bonds is 3. The average molecular weight is 202 g/mol. The van der Waals surface area contributed by atoms with Crippen LogP contribution in [0.2, 0.25) is 0 Å². The predicted octanol–water partition coefficient (Wildman–Crippen LogP) is 4.81. The SMILES string of the molecule is CC/C=C(\C)C(C)C1=CC=C(C)C=CC1. The molecule has 1 unspecified atom stereocenters. The van der Waals surface area contributed by atoms with Crippen LogP contribution in [0.4, 0.5) is 0 Å². The number of hydrogen-bond donors (Lipinski definition) is 0. The van der Waals surface area contributed by atoms with Crippen molar-refractivity contribution in [3.63, 3.8) is 0 Å². The minimum atomic E-state index is 0.580. The first-order valence-electron chi connectivity index (χ1n) is 5.85. The van der Waals surface area contributed by atoms with Gasteiger partial charge in [0.05, 0.1) is 0 Å². The van der Waals surface area contributed by atoms with Crippen LogP contribution in [0.15, 0.2) is 47.1 Å². The van der Waals surface area contributed by atoms with Crippen molar-refractivity contribution in [1.82, 2.24) is 0 Å². The molecule has 1 aliphatic rings. The standard InChI is InChI=1S/C15H22/c1-5-7-13(3)14(4)15-9-6-8-12(2)10-11-15/h6-8,10-11,14H,5,9H2,1-4H3/b13-7+. The molecule has 1 atom stereocenters. The Morgan fingerprint density at radius 2 is 2.20 bits per heavy atom. The Hall–Kier alpha value is -1.04. The van der Waals surface area contributed by atoms with Gasteiger partial charge in [-0.25, -0.2) is 0 Å². The summed E-state index contributed by atoms with van der Waals surface area (Å²) >= 11 is 0. The topological polar surface area (TPSA) is 0 Å². The van der Waals surface area contributed by atoms with Crippen molar-refractivity contribution in [2.45, 2.75) is 40.5 Å². The molecule has 0 bridgehead atoms. The van der Waals surface area contributed by atoms with Crippen molar-refractivity contribution in [3.8, 4) is 0 Å². The van der Waals surface area contributed by atoms with Crippen molar-refractivity contribution in [3.05, 3.63) is 47.1 Å². The van der Waals surface area contributed by atoms with Gasteiger partial charge in [0.25, 0.3) is 0 Å². The van der Waals surface area contributed by atoms with Gasteiger partial charge < -0.3 is 0 Å². The molecule has 1 aliphatic carbocycles. The largest absolute Gasteiger partial charge is 0.0853 e. The van der Waals surface area contributed by atoms with E-state index < -0.39 is 0 Å². The fourth-order valence-corrected chi connectivity index (χ4v) is 1.86. The third kappa shape index (κ3) is 3.54. The van der Waals surface area contributed by atoms with Crippen molar-refractivity contribution < 1.29 is 0 Å². The first-order chi connectivity index (χ1) is 7.15. The number of allylic oxidation sites excluding steroid dienone is 8. The molecule has 0 N–H and O–H groups in total. The molecule has 0 aliphatic heterocycles. The molecule has 82 valence electrons. The van der Waals surface area contributed by atoms with Crippen LogP contribution < -0.4 is 0 Å². The van der Waals surface area contributed by atoms with Gasteiger partial charge >= 0.3 is 0 Å². The summed E-state index contributed by atoms with van der Waals surface area (Å²) in [5.74, 6) is 0.580. The van der Waals surface area contributed by atoms with E-state index in [0.717, 1.165) is 12.8 Å². The van der Waals surface area contributed by atoms with Gasteiger partial charge in [0, 0.05) is 0 Å². The molecular formula is C15H22. The molecule has 0 saturated heterocycles. The van der Waals surface area contributed by atoms with Crippen LogP contribution in [0, 0.1) is 5.92 Å². The molecule has 0 radical (unpaired) electrons. The first-order valence-corrected chi connectivity index (χ1v) is 5.85. The number of hydrogen-bond acceptors (Lipinski definition) is 0. The summed E-state index contributed by atoms with van der Waals surface area (Å²) in [6.07, 6.45) is 13.5. The smallest absolute Gasteiger partial charge is 0.00180 e. The lowest BCUT2D eigenvalue weighted by molar-refractivity contribution is 0.771. The highest BCUT2D eigenvalue weighted by atomic mass is 14.1. The van der Waals surface area contributed by atoms with Crippen LogP contribution in [0.1, 0.15) is 40.5 Å². The van der Waals surface area contributed by atoms with Crippen molar-refractivity contribution in [2.75, 3.05) is 0 Å². The molecule has 0 spiro atoms. The van der Waals surface area contributed by atoms with E-state index in [9.17, 15) is 0 Å². The Bertz CT molecular complexity index is 324. The molecule has 0 fully saturated rings. The van der Waals surface area contributed by atoms with Gasteiger partial charge in [0.15, 0.2) is 0 Å². The summed E-state index contributed by atoms with van der Waals surface area (Å²) in [7, 11) is 0. The second-order valence-corrected chi connectivity index (χ2v) is 4.34. The summed E-state index contributed by atoms with van der Waals surface area (Å²) in [6.45, 7) is 8.88. The Balaban J connectivity index is 2.81. The van der Waals surface area contributed by atoms with E-state index in [-0.39, 0.29) is 0 Å². The molecule has 0 nitrogen and oxygen atoms in total. The lowest BCUT2D eigenvalue weighted by Crippen LogP contribution is -2.00. The molecule has 1 rings (SSSR count). The summed E-state index contributed by atoms with van der Waals surface area (Å²) < 4.78 is 0. The van der Waals surface area contributed by atoms with Gasteiger partial charge in [0.2, 0.25) is 0 Å². The monoisotopic (exact) mass is 202 g/mol. The Morgan fingerprint density at radius 1 is 1.47 bits per heavy atom. The average Bonchev–Trinajstić information content (AvgIpc) is 2.42. The van der Waals surface area contributed by atoms with Gasteiger partial charge in [-0.1, -0.05) is 60.9 Å². The van der Waals surface area contributed by atoms with E-state index in [1.807, 2.05) is 0 Å². The summed E-state index contributed by atoms with van der Waals surface area (Å²) in [5.41, 5.74) is 4.35. The van der Waals surface area contributed by atoms with Gasteiger partial charge in [-0.15, -0.1) is 0 Å². The van der Waals surface area contributed by atoms with Gasteiger partial charge in [0.1, 0.15) is 0 Å². The highest BCUT2D eigenvalue weighted by Crippen LogP contribution is 2.25. The van der Waals surface area contributed by atoms with Crippen LogP contribution in [0.25, 0.3) is 0 Å². The minimum absolute atomic E-state index is 0.580. The van der Waals surface area contributed by atoms with Gasteiger partial charge in [-0.3, -0.25) is 0 Å². The van der Waals surface area contributed by atoms with Gasteiger partial charge in [-0.05, 0) is 32.6 Å². The molecule has 0 aromatic rings. The van der Waals surface area contributed by atoms with Crippen LogP contribution in [0.3, 0.4) is 0 Å². The van der Waals surface area contributed by atoms with Crippen LogP contribution in [-0.2, 0) is 0 Å². The molecule has 0 saturated carbocycles. The molecule has 0 amide bonds. The van der Waals surface area contributed by atoms with E-state index in [0.29, 0.717) is 5.92 Å². The van der Waals surface area contributed by atoms with Crippen LogP contribution in [0.5, 0.6) is 0 Å². The maximum atomic E-state index is 2.33. The van der Waals surface area contributed by atoms with E-state index in [4.69, 9.17) is 0 Å². The summed E-state index contributed by atoms with van der Waals surface area (Å²) in [6, 6.07) is 0. The van der Waals surface area contributed by atoms with E-state index in [1.54, 1.807) is 0 Å². The molecular weight excluding hydrogens is 180 g/mol. The second-order valence-electron chi connectivity index (χ2n) is 4.34. The van der Waals surface area contributed by atoms with Crippen molar-refractivity contribution in [2.24, 2.45) is 5.92 Å². The van der Waals surface area contributed by atoms with E-state index in [1.165, 1.54) is 16.7 Å². The fourth-order valence-electron chi connectivity index (χ4n) is 1.86. The minimum Gasteiger partial charge on any atom is -0.0853 e. The Labute approximate surface area is 94.1 Å². The quantitative estimate of drug-likeness (QED) is 0.576. The highest BCUT2D eigenvalue weighted by molar-refractivity contribution is 5.33. The highest BCUT2D eigenvalue weighted by Gasteiger charge is 2.09. The van der Waals surface area contributed by atoms with Crippen molar-refractivity contribution in [1.29, 1.82) is 0 Å². The summed E-state index contributed by atoms with van der Waals surface area (Å²) in [4.78, 5) is 0. The zero-order valence-electron chi connectivity index (χ0n) is 10.4.